The van der Waals surface area contributed by atoms with Crippen LogP contribution in [0, 0.1) is 0 Å². The zero-order chi connectivity index (χ0) is 13.2. The van der Waals surface area contributed by atoms with E-state index in [1.54, 1.807) is 0 Å². The monoisotopic (exact) mass is 266 g/mol. The Morgan fingerprint density at radius 1 is 1.39 bits per heavy atom. The van der Waals surface area contributed by atoms with Crippen LogP contribution in [0.5, 0.6) is 0 Å². The molecule has 1 saturated heterocycles. The van der Waals surface area contributed by atoms with Crippen molar-refractivity contribution >= 4 is 0 Å². The van der Waals surface area contributed by atoms with Gasteiger partial charge in [0.1, 0.15) is 0 Å². The molecule has 0 radical (unpaired) electrons. The molecule has 2 fully saturated rings. The van der Waals surface area contributed by atoms with Gasteiger partial charge in [0, 0.05) is 25.2 Å². The smallest absolute Gasteiger partial charge is 0.375 e. The van der Waals surface area contributed by atoms with Gasteiger partial charge in [-0.25, -0.2) is 0 Å². The summed E-state index contributed by atoms with van der Waals surface area (Å²) in [5.41, 5.74) is 0. The third kappa shape index (κ3) is 3.59. The molecule has 3 nitrogen and oxygen atoms in total. The summed E-state index contributed by atoms with van der Waals surface area (Å²) < 4.78 is 41.9. The lowest BCUT2D eigenvalue weighted by molar-refractivity contribution is -0.126. The molecule has 2 rings (SSSR count). The molecule has 0 amide bonds. The molecule has 1 N–H and O–H groups in total. The maximum absolute atomic E-state index is 12.1. The first kappa shape index (κ1) is 14.1. The Morgan fingerprint density at radius 3 is 2.89 bits per heavy atom. The van der Waals surface area contributed by atoms with Crippen LogP contribution in [-0.4, -0.2) is 55.5 Å². The van der Waals surface area contributed by atoms with Crippen LogP contribution in [0.15, 0.2) is 0 Å². The molecule has 0 bridgehead atoms. The van der Waals surface area contributed by atoms with Gasteiger partial charge in [-0.2, -0.15) is 13.2 Å². The highest BCUT2D eigenvalue weighted by molar-refractivity contribution is 4.91. The second-order valence-electron chi connectivity index (χ2n) is 5.24. The van der Waals surface area contributed by atoms with E-state index in [2.05, 4.69) is 10.2 Å². The Bertz CT molecular complexity index is 273. The molecule has 3 atom stereocenters. The predicted molar refractivity (Wildman–Crippen MR) is 62.5 cm³/mol. The first-order valence-corrected chi connectivity index (χ1v) is 6.62. The molecule has 18 heavy (non-hydrogen) atoms. The van der Waals surface area contributed by atoms with Gasteiger partial charge in [-0.1, -0.05) is 0 Å². The standard InChI is InChI=1S/C12H21F3N2O/c1-9(7-16-8-12(13,14)15)17-5-6-18-11-4-2-3-10(11)17/h9-11,16H,2-8H2,1H3. The number of alkyl halides is 3. The van der Waals surface area contributed by atoms with Gasteiger partial charge in [0.25, 0.3) is 0 Å². The lowest BCUT2D eigenvalue weighted by Gasteiger charge is -2.41. The lowest BCUT2D eigenvalue weighted by Crippen LogP contribution is -2.55. The summed E-state index contributed by atoms with van der Waals surface area (Å²) in [6.45, 7) is 2.99. The van der Waals surface area contributed by atoms with Gasteiger partial charge in [0.15, 0.2) is 0 Å². The van der Waals surface area contributed by atoms with Gasteiger partial charge in [-0.3, -0.25) is 4.90 Å². The topological polar surface area (TPSA) is 24.5 Å². The van der Waals surface area contributed by atoms with Crippen molar-refractivity contribution in [3.63, 3.8) is 0 Å². The van der Waals surface area contributed by atoms with Crippen LogP contribution >= 0.6 is 0 Å². The zero-order valence-electron chi connectivity index (χ0n) is 10.7. The molecule has 3 unspecified atom stereocenters. The third-order valence-electron chi connectivity index (χ3n) is 3.86. The van der Waals surface area contributed by atoms with Crippen molar-refractivity contribution < 1.29 is 17.9 Å². The summed E-state index contributed by atoms with van der Waals surface area (Å²) in [6, 6.07) is 0.531. The molecular formula is C12H21F3N2O. The van der Waals surface area contributed by atoms with Crippen molar-refractivity contribution in [3.05, 3.63) is 0 Å². The van der Waals surface area contributed by atoms with Crippen LogP contribution in [-0.2, 0) is 4.74 Å². The molecule has 1 aliphatic carbocycles. The summed E-state index contributed by atoms with van der Waals surface area (Å²) in [7, 11) is 0. The molecule has 0 aromatic carbocycles. The number of ether oxygens (including phenoxy) is 1. The molecule has 1 saturated carbocycles. The third-order valence-corrected chi connectivity index (χ3v) is 3.86. The van der Waals surface area contributed by atoms with Gasteiger partial charge >= 0.3 is 6.18 Å². The maximum Gasteiger partial charge on any atom is 0.401 e. The van der Waals surface area contributed by atoms with Crippen LogP contribution in [0.3, 0.4) is 0 Å². The fourth-order valence-electron chi connectivity index (χ4n) is 3.04. The lowest BCUT2D eigenvalue weighted by atomic mass is 10.1. The number of morpholine rings is 1. The Morgan fingerprint density at radius 2 is 2.17 bits per heavy atom. The minimum absolute atomic E-state index is 0.127. The van der Waals surface area contributed by atoms with E-state index in [0.29, 0.717) is 25.3 Å². The summed E-state index contributed by atoms with van der Waals surface area (Å²) in [5.74, 6) is 0. The Kier molecular flexibility index (Phi) is 4.50. The fourth-order valence-corrected chi connectivity index (χ4v) is 3.04. The molecule has 0 aromatic heterocycles. The number of hydrogen-bond acceptors (Lipinski definition) is 3. The van der Waals surface area contributed by atoms with E-state index in [4.69, 9.17) is 4.74 Å². The maximum atomic E-state index is 12.1. The number of halogens is 3. The minimum atomic E-state index is -4.12. The van der Waals surface area contributed by atoms with Crippen molar-refractivity contribution in [2.24, 2.45) is 0 Å². The first-order chi connectivity index (χ1) is 8.47. The van der Waals surface area contributed by atoms with E-state index >= 15 is 0 Å². The first-order valence-electron chi connectivity index (χ1n) is 6.62. The van der Waals surface area contributed by atoms with Crippen LogP contribution < -0.4 is 5.32 Å². The van der Waals surface area contributed by atoms with Crippen LogP contribution in [0.4, 0.5) is 13.2 Å². The SMILES string of the molecule is CC(CNCC(F)(F)F)N1CCOC2CCCC21. The van der Waals surface area contributed by atoms with Gasteiger partial charge in [0.05, 0.1) is 19.3 Å². The van der Waals surface area contributed by atoms with Gasteiger partial charge in [0.2, 0.25) is 0 Å². The largest absolute Gasteiger partial charge is 0.401 e. The number of rotatable bonds is 4. The van der Waals surface area contributed by atoms with E-state index in [0.717, 1.165) is 25.8 Å². The van der Waals surface area contributed by atoms with Crippen LogP contribution in [0.25, 0.3) is 0 Å². The van der Waals surface area contributed by atoms with E-state index in [1.807, 2.05) is 6.92 Å². The van der Waals surface area contributed by atoms with E-state index in [-0.39, 0.29) is 6.04 Å². The van der Waals surface area contributed by atoms with Crippen molar-refractivity contribution in [2.45, 2.75) is 50.6 Å². The van der Waals surface area contributed by atoms with E-state index in [1.165, 1.54) is 0 Å². The number of fused-ring (bicyclic) bond motifs is 1. The predicted octanol–water partition coefficient (Wildman–Crippen LogP) is 1.78. The molecule has 1 heterocycles. The van der Waals surface area contributed by atoms with Crippen molar-refractivity contribution in [3.8, 4) is 0 Å². The van der Waals surface area contributed by atoms with E-state index in [9.17, 15) is 13.2 Å². The van der Waals surface area contributed by atoms with Gasteiger partial charge in [-0.05, 0) is 26.2 Å². The summed E-state index contributed by atoms with van der Waals surface area (Å²) in [5, 5.41) is 2.49. The Hall–Kier alpha value is -0.330. The van der Waals surface area contributed by atoms with Crippen molar-refractivity contribution in [2.75, 3.05) is 26.2 Å². The normalized spacial score (nSPS) is 31.3. The van der Waals surface area contributed by atoms with Crippen molar-refractivity contribution in [1.82, 2.24) is 10.2 Å². The van der Waals surface area contributed by atoms with Crippen molar-refractivity contribution in [1.29, 1.82) is 0 Å². The minimum Gasteiger partial charge on any atom is -0.375 e. The molecule has 0 spiro atoms. The molecular weight excluding hydrogens is 245 g/mol. The molecule has 6 heteroatoms. The van der Waals surface area contributed by atoms with E-state index < -0.39 is 12.7 Å². The average Bonchev–Trinajstić information content (AvgIpc) is 2.74. The summed E-state index contributed by atoms with van der Waals surface area (Å²) in [6.07, 6.45) is -0.475. The van der Waals surface area contributed by atoms with Crippen LogP contribution in [0.2, 0.25) is 0 Å². The second-order valence-corrected chi connectivity index (χ2v) is 5.24. The highest BCUT2D eigenvalue weighted by Gasteiger charge is 2.38. The number of nitrogens with one attached hydrogen (secondary N) is 1. The quantitative estimate of drug-likeness (QED) is 0.839. The highest BCUT2D eigenvalue weighted by atomic mass is 19.4. The summed E-state index contributed by atoms with van der Waals surface area (Å²) in [4.78, 5) is 2.31. The molecule has 2 aliphatic rings. The number of nitrogens with zero attached hydrogens (tertiary/aromatic N) is 1. The average molecular weight is 266 g/mol. The van der Waals surface area contributed by atoms with Gasteiger partial charge in [-0.15, -0.1) is 0 Å². The van der Waals surface area contributed by atoms with Crippen LogP contribution in [0.1, 0.15) is 26.2 Å². The highest BCUT2D eigenvalue weighted by Crippen LogP contribution is 2.30. The Balaban J connectivity index is 1.79. The Labute approximate surface area is 106 Å². The number of hydrogen-bond donors (Lipinski definition) is 1. The fraction of sp³-hybridized carbons (Fsp3) is 1.00. The molecule has 106 valence electrons. The van der Waals surface area contributed by atoms with Gasteiger partial charge < -0.3 is 10.1 Å². The zero-order valence-corrected chi connectivity index (χ0v) is 10.7. The molecule has 0 aromatic rings. The summed E-state index contributed by atoms with van der Waals surface area (Å²) >= 11 is 0. The second kappa shape index (κ2) is 5.75. The molecule has 1 aliphatic heterocycles.